The number of carbonyl (C=O) groups excluding carboxylic acids is 1. The molecule has 1 aromatic carbocycles. The van der Waals surface area contributed by atoms with E-state index >= 15 is 0 Å². The van der Waals surface area contributed by atoms with Crippen LogP contribution in [0.4, 0.5) is 0 Å². The highest BCUT2D eigenvalue weighted by Gasteiger charge is 2.28. The van der Waals surface area contributed by atoms with Gasteiger partial charge in [-0.25, -0.2) is 4.98 Å². The second-order valence-electron chi connectivity index (χ2n) is 7.18. The van der Waals surface area contributed by atoms with Gasteiger partial charge in [0.25, 0.3) is 0 Å². The van der Waals surface area contributed by atoms with Gasteiger partial charge in [0.05, 0.1) is 19.2 Å². The first-order chi connectivity index (χ1) is 13.7. The zero-order valence-electron chi connectivity index (χ0n) is 16.9. The summed E-state index contributed by atoms with van der Waals surface area (Å²) >= 11 is 0. The largest absolute Gasteiger partial charge is 0.377 e. The summed E-state index contributed by atoms with van der Waals surface area (Å²) in [6, 6.07) is 8.22. The Hall–Kier alpha value is -2.22. The Balaban J connectivity index is 1.56. The first kappa shape index (κ1) is 20.5. The van der Waals surface area contributed by atoms with Crippen molar-refractivity contribution in [2.24, 2.45) is 7.05 Å². The number of piperazine rings is 1. The third-order valence-corrected chi connectivity index (χ3v) is 5.06. The lowest BCUT2D eigenvalue weighted by Crippen LogP contribution is -2.50. The molecule has 1 aliphatic heterocycles. The van der Waals surface area contributed by atoms with E-state index in [2.05, 4.69) is 33.5 Å². The van der Waals surface area contributed by atoms with Gasteiger partial charge >= 0.3 is 0 Å². The van der Waals surface area contributed by atoms with E-state index in [9.17, 15) is 4.79 Å². The van der Waals surface area contributed by atoms with Crippen molar-refractivity contribution < 1.29 is 9.53 Å². The predicted molar refractivity (Wildman–Crippen MR) is 109 cm³/mol. The van der Waals surface area contributed by atoms with Gasteiger partial charge in [-0.05, 0) is 17.5 Å². The van der Waals surface area contributed by atoms with E-state index in [4.69, 9.17) is 4.74 Å². The third-order valence-electron chi connectivity index (χ3n) is 5.06. The average molecular weight is 386 g/mol. The van der Waals surface area contributed by atoms with Gasteiger partial charge < -0.3 is 19.9 Å². The number of nitrogens with zero attached hydrogens (tertiary/aromatic N) is 3. The fourth-order valence-electron chi connectivity index (χ4n) is 3.52. The van der Waals surface area contributed by atoms with Crippen molar-refractivity contribution >= 4 is 5.91 Å². The molecule has 7 nitrogen and oxygen atoms in total. The highest BCUT2D eigenvalue weighted by atomic mass is 16.5. The van der Waals surface area contributed by atoms with E-state index in [0.717, 1.165) is 49.6 Å². The van der Waals surface area contributed by atoms with E-state index in [0.29, 0.717) is 19.7 Å². The number of carbonyl (C=O) groups is 1. The molecule has 1 unspecified atom stereocenters. The summed E-state index contributed by atoms with van der Waals surface area (Å²) in [5.74, 6) is 1.02. The van der Waals surface area contributed by atoms with Gasteiger partial charge in [-0.15, -0.1) is 0 Å². The van der Waals surface area contributed by atoms with Gasteiger partial charge in [-0.2, -0.15) is 0 Å². The Morgan fingerprint density at radius 2 is 2.18 bits per heavy atom. The second-order valence-corrected chi connectivity index (χ2v) is 7.18. The van der Waals surface area contributed by atoms with Gasteiger partial charge in [0.15, 0.2) is 0 Å². The zero-order chi connectivity index (χ0) is 19.8. The van der Waals surface area contributed by atoms with Crippen LogP contribution in [0.15, 0.2) is 36.7 Å². The number of amides is 1. The summed E-state index contributed by atoms with van der Waals surface area (Å²) in [6.45, 7) is 6.82. The average Bonchev–Trinajstić information content (AvgIpc) is 3.13. The van der Waals surface area contributed by atoms with E-state index in [-0.39, 0.29) is 11.9 Å². The minimum Gasteiger partial charge on any atom is -0.377 e. The van der Waals surface area contributed by atoms with Crippen molar-refractivity contribution in [1.29, 1.82) is 0 Å². The van der Waals surface area contributed by atoms with Crippen molar-refractivity contribution in [3.8, 4) is 0 Å². The number of nitrogens with one attached hydrogen (secondary N) is 2. The Kier molecular flexibility index (Phi) is 7.59. The molecule has 152 valence electrons. The maximum Gasteiger partial charge on any atom is 0.234 e. The lowest BCUT2D eigenvalue weighted by atomic mass is 10.1. The SMILES string of the molecule is CCCOCc1ccccc1CNC(=O)CN1CCNCC1c1nccn1C. The van der Waals surface area contributed by atoms with Crippen molar-refractivity contribution in [1.82, 2.24) is 25.1 Å². The topological polar surface area (TPSA) is 71.4 Å². The van der Waals surface area contributed by atoms with Gasteiger partial charge in [-0.3, -0.25) is 9.69 Å². The lowest BCUT2D eigenvalue weighted by molar-refractivity contribution is -0.123. The highest BCUT2D eigenvalue weighted by Crippen LogP contribution is 2.19. The molecule has 0 radical (unpaired) electrons. The number of aryl methyl sites for hydroxylation is 1. The van der Waals surface area contributed by atoms with Crippen molar-refractivity contribution in [2.75, 3.05) is 32.8 Å². The van der Waals surface area contributed by atoms with Crippen LogP contribution in [0.5, 0.6) is 0 Å². The molecular weight excluding hydrogens is 354 g/mol. The van der Waals surface area contributed by atoms with Crippen LogP contribution in [0.25, 0.3) is 0 Å². The summed E-state index contributed by atoms with van der Waals surface area (Å²) in [5.41, 5.74) is 2.23. The fourth-order valence-corrected chi connectivity index (χ4v) is 3.52. The quantitative estimate of drug-likeness (QED) is 0.642. The number of benzene rings is 1. The smallest absolute Gasteiger partial charge is 0.234 e. The molecule has 2 N–H and O–H groups in total. The van der Waals surface area contributed by atoms with Gasteiger partial charge in [0.2, 0.25) is 5.91 Å². The van der Waals surface area contributed by atoms with Gasteiger partial charge in [0.1, 0.15) is 5.82 Å². The van der Waals surface area contributed by atoms with Crippen LogP contribution >= 0.6 is 0 Å². The molecule has 0 aliphatic carbocycles. The standard InChI is InChI=1S/C21H31N5O2/c1-3-12-28-16-18-7-5-4-6-17(18)13-24-20(27)15-26-11-8-22-14-19(26)21-23-9-10-25(21)2/h4-7,9-10,19,22H,3,8,11-16H2,1-2H3,(H,24,27). The maximum absolute atomic E-state index is 12.6. The molecule has 3 rings (SSSR count). The molecule has 1 atom stereocenters. The monoisotopic (exact) mass is 385 g/mol. The van der Waals surface area contributed by atoms with Crippen molar-refractivity contribution in [3.63, 3.8) is 0 Å². The second kappa shape index (κ2) is 10.4. The van der Waals surface area contributed by atoms with Crippen LogP contribution < -0.4 is 10.6 Å². The molecule has 28 heavy (non-hydrogen) atoms. The number of imidazole rings is 1. The first-order valence-corrected chi connectivity index (χ1v) is 10.0. The molecule has 1 aromatic heterocycles. The van der Waals surface area contributed by atoms with Gasteiger partial charge in [-0.1, -0.05) is 31.2 Å². The normalized spacial score (nSPS) is 17.6. The number of rotatable bonds is 9. The maximum atomic E-state index is 12.6. The minimum atomic E-state index is 0.0328. The molecule has 1 fully saturated rings. The minimum absolute atomic E-state index is 0.0328. The highest BCUT2D eigenvalue weighted by molar-refractivity contribution is 5.78. The molecule has 2 aromatic rings. The summed E-state index contributed by atoms with van der Waals surface area (Å²) in [6.07, 6.45) is 4.75. The molecule has 0 saturated carbocycles. The molecule has 0 spiro atoms. The molecular formula is C21H31N5O2. The van der Waals surface area contributed by atoms with Crippen molar-refractivity contribution in [2.45, 2.75) is 32.5 Å². The van der Waals surface area contributed by atoms with Crippen LogP contribution in [0, 0.1) is 0 Å². The summed E-state index contributed by atoms with van der Waals surface area (Å²) < 4.78 is 7.69. The van der Waals surface area contributed by atoms with Gasteiger partial charge in [0, 0.05) is 52.2 Å². The van der Waals surface area contributed by atoms with Crippen molar-refractivity contribution in [3.05, 3.63) is 53.6 Å². The Morgan fingerprint density at radius 3 is 2.93 bits per heavy atom. The third kappa shape index (κ3) is 5.41. The predicted octanol–water partition coefficient (Wildman–Crippen LogP) is 1.61. The Bertz CT molecular complexity index is 761. The lowest BCUT2D eigenvalue weighted by Gasteiger charge is -2.35. The number of hydrogen-bond acceptors (Lipinski definition) is 5. The Labute approximate surface area is 167 Å². The molecule has 0 bridgehead atoms. The summed E-state index contributed by atoms with van der Waals surface area (Å²) in [7, 11) is 1.99. The molecule has 1 aliphatic rings. The van der Waals surface area contributed by atoms with E-state index in [1.165, 1.54) is 0 Å². The molecule has 2 heterocycles. The fraction of sp³-hybridized carbons (Fsp3) is 0.524. The number of hydrogen-bond donors (Lipinski definition) is 2. The summed E-state index contributed by atoms with van der Waals surface area (Å²) in [5, 5.41) is 6.48. The van der Waals surface area contributed by atoms with Crippen LogP contribution in [0.2, 0.25) is 0 Å². The molecule has 1 saturated heterocycles. The number of aromatic nitrogens is 2. The van der Waals surface area contributed by atoms with Crippen LogP contribution in [0.1, 0.15) is 36.3 Å². The zero-order valence-corrected chi connectivity index (χ0v) is 16.9. The first-order valence-electron chi connectivity index (χ1n) is 10.0. The van der Waals surface area contributed by atoms with Crippen LogP contribution in [0.3, 0.4) is 0 Å². The van der Waals surface area contributed by atoms with E-state index < -0.39 is 0 Å². The molecule has 7 heteroatoms. The number of ether oxygens (including phenoxy) is 1. The van der Waals surface area contributed by atoms with E-state index in [1.54, 1.807) is 6.20 Å². The summed E-state index contributed by atoms with van der Waals surface area (Å²) in [4.78, 5) is 19.3. The van der Waals surface area contributed by atoms with Crippen LogP contribution in [-0.4, -0.2) is 53.1 Å². The van der Waals surface area contributed by atoms with E-state index in [1.807, 2.05) is 36.0 Å². The van der Waals surface area contributed by atoms with Crippen LogP contribution in [-0.2, 0) is 29.7 Å². The molecule has 1 amide bonds. The Morgan fingerprint density at radius 1 is 1.36 bits per heavy atom.